The number of thioether (sulfide) groups is 1. The van der Waals surface area contributed by atoms with Crippen LogP contribution in [0.5, 0.6) is 5.75 Å². The fraction of sp³-hybridized carbons (Fsp3) is 0.545. The van der Waals surface area contributed by atoms with Crippen LogP contribution in [0.15, 0.2) is 24.3 Å². The van der Waals surface area contributed by atoms with Gasteiger partial charge in [0.2, 0.25) is 17.7 Å². The van der Waals surface area contributed by atoms with E-state index in [9.17, 15) is 34.5 Å². The predicted octanol–water partition coefficient (Wildman–Crippen LogP) is -0.798. The van der Waals surface area contributed by atoms with Gasteiger partial charge in [0.15, 0.2) is 0 Å². The van der Waals surface area contributed by atoms with E-state index in [1.165, 1.54) is 23.9 Å². The van der Waals surface area contributed by atoms with Crippen LogP contribution in [0.4, 0.5) is 0 Å². The first-order chi connectivity index (χ1) is 16.0. The fourth-order valence-electron chi connectivity index (χ4n) is 2.99. The first kappa shape index (κ1) is 29.2. The van der Waals surface area contributed by atoms with Crippen molar-refractivity contribution in [1.29, 1.82) is 0 Å². The maximum absolute atomic E-state index is 12.7. The molecule has 0 aromatic heterocycles. The number of phenols is 1. The number of aliphatic carboxylic acids is 1. The summed E-state index contributed by atoms with van der Waals surface area (Å²) in [6.45, 7) is 2.60. The standard InChI is InChI=1S/C22H34N4O7S/c1-12(2)18(21(31)24-16(22(32)33)8-9-34-3)26-20(30)17(11-27)25-19(29)15(23)10-13-4-6-14(28)7-5-13/h4-7,12,15-18,27-28H,8-11,23H2,1-3H3,(H,24,31)(H,25,29)(H,26,30)(H,32,33). The zero-order valence-electron chi connectivity index (χ0n) is 19.5. The summed E-state index contributed by atoms with van der Waals surface area (Å²) in [5.41, 5.74) is 6.59. The monoisotopic (exact) mass is 498 g/mol. The van der Waals surface area contributed by atoms with Crippen molar-refractivity contribution < 1.29 is 34.5 Å². The summed E-state index contributed by atoms with van der Waals surface area (Å²) < 4.78 is 0. The highest BCUT2D eigenvalue weighted by atomic mass is 32.2. The number of amides is 3. The van der Waals surface area contributed by atoms with Crippen LogP contribution >= 0.6 is 11.8 Å². The molecule has 0 fully saturated rings. The zero-order valence-corrected chi connectivity index (χ0v) is 20.3. The summed E-state index contributed by atoms with van der Waals surface area (Å²) in [7, 11) is 0. The quantitative estimate of drug-likeness (QED) is 0.172. The van der Waals surface area contributed by atoms with Gasteiger partial charge < -0.3 is 37.0 Å². The number of phenolic OH excluding ortho intramolecular Hbond substituents is 1. The number of carbonyl (C=O) groups excluding carboxylic acids is 3. The summed E-state index contributed by atoms with van der Waals surface area (Å²) in [5.74, 6) is -3.15. The van der Waals surface area contributed by atoms with Gasteiger partial charge >= 0.3 is 5.97 Å². The molecular weight excluding hydrogens is 464 g/mol. The second-order valence-corrected chi connectivity index (χ2v) is 9.12. The number of aliphatic hydroxyl groups is 1. The molecular formula is C22H34N4O7S. The van der Waals surface area contributed by atoms with Crippen molar-refractivity contribution in [1.82, 2.24) is 16.0 Å². The summed E-state index contributed by atoms with van der Waals surface area (Å²) in [6, 6.07) is 1.54. The Balaban J connectivity index is 2.78. The Morgan fingerprint density at radius 3 is 2.06 bits per heavy atom. The average Bonchev–Trinajstić information content (AvgIpc) is 2.78. The lowest BCUT2D eigenvalue weighted by molar-refractivity contribution is -0.142. The molecule has 4 atom stereocenters. The molecule has 0 aliphatic carbocycles. The summed E-state index contributed by atoms with van der Waals surface area (Å²) in [4.78, 5) is 49.2. The molecule has 0 spiro atoms. The SMILES string of the molecule is CSCCC(NC(=O)C(NC(=O)C(CO)NC(=O)C(N)Cc1ccc(O)cc1)C(C)C)C(=O)O. The number of aliphatic hydroxyl groups excluding tert-OH is 1. The van der Waals surface area contributed by atoms with E-state index in [-0.39, 0.29) is 18.6 Å². The summed E-state index contributed by atoms with van der Waals surface area (Å²) >= 11 is 1.44. The molecule has 190 valence electrons. The van der Waals surface area contributed by atoms with Gasteiger partial charge in [-0.3, -0.25) is 14.4 Å². The van der Waals surface area contributed by atoms with Gasteiger partial charge in [-0.1, -0.05) is 26.0 Å². The lowest BCUT2D eigenvalue weighted by Gasteiger charge is -2.26. The number of carbonyl (C=O) groups is 4. The number of hydrogen-bond donors (Lipinski definition) is 7. The van der Waals surface area contributed by atoms with E-state index in [1.807, 2.05) is 6.26 Å². The molecule has 1 aromatic rings. The van der Waals surface area contributed by atoms with Crippen LogP contribution in [-0.2, 0) is 25.6 Å². The van der Waals surface area contributed by atoms with Gasteiger partial charge in [-0.05, 0) is 48.5 Å². The van der Waals surface area contributed by atoms with E-state index in [0.717, 1.165) is 0 Å². The number of rotatable bonds is 14. The van der Waals surface area contributed by atoms with Crippen LogP contribution in [0.1, 0.15) is 25.8 Å². The molecule has 1 aromatic carbocycles. The predicted molar refractivity (Wildman–Crippen MR) is 128 cm³/mol. The molecule has 0 bridgehead atoms. The molecule has 0 aliphatic rings. The third kappa shape index (κ3) is 9.57. The Morgan fingerprint density at radius 2 is 1.56 bits per heavy atom. The second kappa shape index (κ2) is 14.4. The third-order valence-corrected chi connectivity index (χ3v) is 5.66. The molecule has 0 heterocycles. The highest BCUT2D eigenvalue weighted by molar-refractivity contribution is 7.98. The Morgan fingerprint density at radius 1 is 0.971 bits per heavy atom. The van der Waals surface area contributed by atoms with Crippen molar-refractivity contribution in [2.75, 3.05) is 18.6 Å². The number of benzene rings is 1. The van der Waals surface area contributed by atoms with Gasteiger partial charge in [-0.15, -0.1) is 0 Å². The van der Waals surface area contributed by atoms with Crippen molar-refractivity contribution >= 4 is 35.5 Å². The maximum Gasteiger partial charge on any atom is 0.326 e. The molecule has 4 unspecified atom stereocenters. The van der Waals surface area contributed by atoms with Gasteiger partial charge in [0.05, 0.1) is 12.6 Å². The van der Waals surface area contributed by atoms with Gasteiger partial charge in [-0.2, -0.15) is 11.8 Å². The van der Waals surface area contributed by atoms with Gasteiger partial charge in [0, 0.05) is 0 Å². The highest BCUT2D eigenvalue weighted by Crippen LogP contribution is 2.11. The normalized spacial score (nSPS) is 14.5. The third-order valence-electron chi connectivity index (χ3n) is 5.02. The van der Waals surface area contributed by atoms with Crippen LogP contribution in [0.25, 0.3) is 0 Å². The molecule has 11 nitrogen and oxygen atoms in total. The Kier molecular flexibility index (Phi) is 12.4. The van der Waals surface area contributed by atoms with E-state index < -0.39 is 60.4 Å². The number of nitrogens with two attached hydrogens (primary N) is 1. The molecule has 8 N–H and O–H groups in total. The second-order valence-electron chi connectivity index (χ2n) is 8.13. The zero-order chi connectivity index (χ0) is 25.8. The minimum atomic E-state index is -1.36. The van der Waals surface area contributed by atoms with Gasteiger partial charge in [-0.25, -0.2) is 4.79 Å². The number of carboxylic acids is 1. The minimum Gasteiger partial charge on any atom is -0.508 e. The number of aromatic hydroxyl groups is 1. The van der Waals surface area contributed by atoms with E-state index in [0.29, 0.717) is 11.3 Å². The van der Waals surface area contributed by atoms with Crippen LogP contribution in [-0.4, -0.2) is 81.8 Å². The van der Waals surface area contributed by atoms with Crippen LogP contribution < -0.4 is 21.7 Å². The molecule has 0 aliphatic heterocycles. The first-order valence-corrected chi connectivity index (χ1v) is 12.2. The molecule has 0 saturated heterocycles. The Bertz CT molecular complexity index is 835. The Labute approximate surface area is 202 Å². The number of nitrogens with one attached hydrogen (secondary N) is 3. The lowest BCUT2D eigenvalue weighted by atomic mass is 10.0. The fourth-order valence-corrected chi connectivity index (χ4v) is 3.47. The maximum atomic E-state index is 12.7. The average molecular weight is 499 g/mol. The topological polar surface area (TPSA) is 191 Å². The van der Waals surface area contributed by atoms with Crippen molar-refractivity contribution in [3.8, 4) is 5.75 Å². The van der Waals surface area contributed by atoms with Crippen LogP contribution in [0.3, 0.4) is 0 Å². The van der Waals surface area contributed by atoms with E-state index in [1.54, 1.807) is 26.0 Å². The van der Waals surface area contributed by atoms with E-state index in [2.05, 4.69) is 16.0 Å². The van der Waals surface area contributed by atoms with E-state index in [4.69, 9.17) is 5.73 Å². The number of carboxylic acid groups (broad SMARTS) is 1. The smallest absolute Gasteiger partial charge is 0.326 e. The van der Waals surface area contributed by atoms with Crippen LogP contribution in [0.2, 0.25) is 0 Å². The van der Waals surface area contributed by atoms with Gasteiger partial charge in [0.25, 0.3) is 0 Å². The molecule has 12 heteroatoms. The van der Waals surface area contributed by atoms with Crippen LogP contribution in [0, 0.1) is 5.92 Å². The van der Waals surface area contributed by atoms with Crippen molar-refractivity contribution in [2.45, 2.75) is 50.9 Å². The molecule has 0 radical (unpaired) electrons. The van der Waals surface area contributed by atoms with Crippen molar-refractivity contribution in [3.05, 3.63) is 29.8 Å². The first-order valence-electron chi connectivity index (χ1n) is 10.8. The minimum absolute atomic E-state index is 0.0708. The van der Waals surface area contributed by atoms with Gasteiger partial charge in [0.1, 0.15) is 23.9 Å². The molecule has 1 rings (SSSR count). The summed E-state index contributed by atoms with van der Waals surface area (Å²) in [5, 5.41) is 35.6. The summed E-state index contributed by atoms with van der Waals surface area (Å²) in [6.07, 6.45) is 2.17. The van der Waals surface area contributed by atoms with Crippen molar-refractivity contribution in [3.63, 3.8) is 0 Å². The van der Waals surface area contributed by atoms with E-state index >= 15 is 0 Å². The molecule has 3 amide bonds. The molecule has 0 saturated carbocycles. The van der Waals surface area contributed by atoms with Crippen molar-refractivity contribution in [2.24, 2.45) is 11.7 Å². The molecule has 34 heavy (non-hydrogen) atoms. The number of hydrogen-bond acceptors (Lipinski definition) is 8. The lowest BCUT2D eigenvalue weighted by Crippen LogP contribution is -2.59. The largest absolute Gasteiger partial charge is 0.508 e. The Hall–Kier alpha value is -2.83. The highest BCUT2D eigenvalue weighted by Gasteiger charge is 2.31.